The van der Waals surface area contributed by atoms with Gasteiger partial charge in [-0.15, -0.1) is 0 Å². The third-order valence-electron chi connectivity index (χ3n) is 3.93. The second kappa shape index (κ2) is 7.82. The lowest BCUT2D eigenvalue weighted by Crippen LogP contribution is -2.43. The fraction of sp³-hybridized carbons (Fsp3) is 0.471. The molecule has 0 saturated carbocycles. The zero-order valence-electron chi connectivity index (χ0n) is 15.6. The highest BCUT2D eigenvalue weighted by atomic mass is 35.5. The van der Waals surface area contributed by atoms with Gasteiger partial charge < -0.3 is 10.2 Å². The largest absolute Gasteiger partial charge is 0.350 e. The highest BCUT2D eigenvalue weighted by Gasteiger charge is 2.25. The summed E-state index contributed by atoms with van der Waals surface area (Å²) in [5.74, 6) is -0.433. The lowest BCUT2D eigenvalue weighted by molar-refractivity contribution is 0.0729. The first kappa shape index (κ1) is 19.8. The van der Waals surface area contributed by atoms with E-state index in [-0.39, 0.29) is 22.9 Å². The maximum Gasteiger partial charge on any atom is 0.271 e. The third-order valence-corrected chi connectivity index (χ3v) is 4.28. The Balaban J connectivity index is 1.96. The van der Waals surface area contributed by atoms with Crippen molar-refractivity contribution in [1.29, 1.82) is 0 Å². The standard InChI is InChI=1S/C17H23ClN6O2/c1-11-12(6-7-20-21-11)16(26)23(4)10-17(2,3)9-19-15(25)13-8-14(18)24(5)22-13/h6-8H,9-10H2,1-5H3,(H,19,25). The van der Waals surface area contributed by atoms with Crippen molar-refractivity contribution in [1.82, 2.24) is 30.2 Å². The molecule has 2 aromatic heterocycles. The van der Waals surface area contributed by atoms with Crippen molar-refractivity contribution < 1.29 is 9.59 Å². The Kier molecular flexibility index (Phi) is 5.97. The summed E-state index contributed by atoms with van der Waals surface area (Å²) in [7, 11) is 3.39. The molecule has 2 heterocycles. The maximum atomic E-state index is 12.6. The summed E-state index contributed by atoms with van der Waals surface area (Å²) in [5, 5.41) is 14.9. The molecule has 0 saturated heterocycles. The summed E-state index contributed by atoms with van der Waals surface area (Å²) in [6.45, 7) is 6.53. The fourth-order valence-corrected chi connectivity index (χ4v) is 2.71. The van der Waals surface area contributed by atoms with Crippen LogP contribution in [-0.2, 0) is 7.05 Å². The molecule has 0 fully saturated rings. The molecule has 0 atom stereocenters. The van der Waals surface area contributed by atoms with Crippen LogP contribution < -0.4 is 5.32 Å². The summed E-state index contributed by atoms with van der Waals surface area (Å²) in [6, 6.07) is 3.17. The van der Waals surface area contributed by atoms with Gasteiger partial charge in [-0.2, -0.15) is 15.3 Å². The van der Waals surface area contributed by atoms with E-state index in [1.165, 1.54) is 16.9 Å². The minimum Gasteiger partial charge on any atom is -0.350 e. The quantitative estimate of drug-likeness (QED) is 0.825. The topological polar surface area (TPSA) is 93.0 Å². The van der Waals surface area contributed by atoms with Crippen LogP contribution in [0.3, 0.4) is 0 Å². The smallest absolute Gasteiger partial charge is 0.271 e. The molecule has 0 radical (unpaired) electrons. The number of aromatic nitrogens is 4. The summed E-state index contributed by atoms with van der Waals surface area (Å²) < 4.78 is 1.43. The lowest BCUT2D eigenvalue weighted by Gasteiger charge is -2.30. The van der Waals surface area contributed by atoms with Crippen LogP contribution in [0.4, 0.5) is 0 Å². The van der Waals surface area contributed by atoms with Crippen molar-refractivity contribution in [3.63, 3.8) is 0 Å². The number of carbonyl (C=O) groups is 2. The van der Waals surface area contributed by atoms with Gasteiger partial charge in [0.05, 0.1) is 17.5 Å². The Labute approximate surface area is 157 Å². The van der Waals surface area contributed by atoms with E-state index in [4.69, 9.17) is 11.6 Å². The molecular formula is C17H23ClN6O2. The minimum absolute atomic E-state index is 0.131. The van der Waals surface area contributed by atoms with E-state index < -0.39 is 0 Å². The average molecular weight is 379 g/mol. The molecule has 2 aromatic rings. The Hall–Kier alpha value is -2.48. The summed E-state index contributed by atoms with van der Waals surface area (Å²) in [4.78, 5) is 26.4. The Bertz CT molecular complexity index is 798. The van der Waals surface area contributed by atoms with Gasteiger partial charge in [0.25, 0.3) is 11.8 Å². The average Bonchev–Trinajstić information content (AvgIpc) is 2.91. The van der Waals surface area contributed by atoms with Crippen LogP contribution in [0.15, 0.2) is 18.3 Å². The van der Waals surface area contributed by atoms with E-state index >= 15 is 0 Å². The van der Waals surface area contributed by atoms with Gasteiger partial charge in [0.1, 0.15) is 5.15 Å². The van der Waals surface area contributed by atoms with Gasteiger partial charge in [0.15, 0.2) is 5.69 Å². The van der Waals surface area contributed by atoms with Gasteiger partial charge >= 0.3 is 0 Å². The maximum absolute atomic E-state index is 12.6. The number of nitrogens with zero attached hydrogens (tertiary/aromatic N) is 5. The number of hydrogen-bond acceptors (Lipinski definition) is 5. The molecule has 140 valence electrons. The van der Waals surface area contributed by atoms with E-state index in [2.05, 4.69) is 20.6 Å². The molecular weight excluding hydrogens is 356 g/mol. The van der Waals surface area contributed by atoms with Crippen LogP contribution in [0.5, 0.6) is 0 Å². The molecule has 0 aliphatic carbocycles. The molecule has 2 rings (SSSR count). The van der Waals surface area contributed by atoms with E-state index in [1.807, 2.05) is 13.8 Å². The summed E-state index contributed by atoms with van der Waals surface area (Å²) in [6.07, 6.45) is 1.50. The van der Waals surface area contributed by atoms with E-state index in [9.17, 15) is 9.59 Å². The predicted molar refractivity (Wildman–Crippen MR) is 98.1 cm³/mol. The zero-order valence-corrected chi connectivity index (χ0v) is 16.3. The highest BCUT2D eigenvalue weighted by Crippen LogP contribution is 2.18. The Morgan fingerprint density at radius 3 is 2.65 bits per heavy atom. The van der Waals surface area contributed by atoms with Crippen molar-refractivity contribution in [3.8, 4) is 0 Å². The van der Waals surface area contributed by atoms with Gasteiger partial charge in [-0.1, -0.05) is 25.4 Å². The lowest BCUT2D eigenvalue weighted by atomic mass is 9.92. The molecule has 0 bridgehead atoms. The predicted octanol–water partition coefficient (Wildman–Crippen LogP) is 1.70. The molecule has 1 N–H and O–H groups in total. The first-order chi connectivity index (χ1) is 12.1. The minimum atomic E-state index is -0.340. The number of aryl methyl sites for hydroxylation is 2. The monoisotopic (exact) mass is 378 g/mol. The van der Waals surface area contributed by atoms with Gasteiger partial charge in [0.2, 0.25) is 0 Å². The number of carbonyl (C=O) groups excluding carboxylic acids is 2. The SMILES string of the molecule is Cc1nnccc1C(=O)N(C)CC(C)(C)CNC(=O)c1cc(Cl)n(C)n1. The summed E-state index contributed by atoms with van der Waals surface area (Å²) >= 11 is 5.90. The molecule has 0 spiro atoms. The fourth-order valence-electron chi connectivity index (χ4n) is 2.57. The van der Waals surface area contributed by atoms with Crippen molar-refractivity contribution >= 4 is 23.4 Å². The number of nitrogens with one attached hydrogen (secondary N) is 1. The van der Waals surface area contributed by atoms with Crippen molar-refractivity contribution in [2.45, 2.75) is 20.8 Å². The Morgan fingerprint density at radius 2 is 2.08 bits per heavy atom. The molecule has 8 nitrogen and oxygen atoms in total. The van der Waals surface area contributed by atoms with Crippen LogP contribution in [0.25, 0.3) is 0 Å². The molecule has 0 aromatic carbocycles. The zero-order chi connectivity index (χ0) is 19.5. The van der Waals surface area contributed by atoms with Crippen LogP contribution in [0.2, 0.25) is 5.15 Å². The van der Waals surface area contributed by atoms with Crippen LogP contribution in [0.1, 0.15) is 40.4 Å². The van der Waals surface area contributed by atoms with E-state index in [0.29, 0.717) is 29.5 Å². The van der Waals surface area contributed by atoms with Crippen LogP contribution >= 0.6 is 11.6 Å². The van der Waals surface area contributed by atoms with Crippen molar-refractivity contribution in [3.05, 3.63) is 40.4 Å². The van der Waals surface area contributed by atoms with Gasteiger partial charge in [0, 0.05) is 33.3 Å². The first-order valence-corrected chi connectivity index (χ1v) is 8.50. The molecule has 0 unspecified atom stereocenters. The summed E-state index contributed by atoms with van der Waals surface area (Å²) in [5.41, 5.74) is 1.02. The Morgan fingerprint density at radius 1 is 1.38 bits per heavy atom. The molecule has 2 amide bonds. The van der Waals surface area contributed by atoms with E-state index in [1.54, 1.807) is 32.0 Å². The van der Waals surface area contributed by atoms with Crippen LogP contribution in [-0.4, -0.2) is 56.8 Å². The van der Waals surface area contributed by atoms with Gasteiger partial charge in [-0.05, 0) is 18.4 Å². The number of halogens is 1. The molecule has 9 heteroatoms. The number of hydrogen-bond donors (Lipinski definition) is 1. The van der Waals surface area contributed by atoms with Crippen molar-refractivity contribution in [2.24, 2.45) is 12.5 Å². The molecule has 0 aliphatic heterocycles. The normalized spacial score (nSPS) is 11.3. The molecule has 26 heavy (non-hydrogen) atoms. The van der Waals surface area contributed by atoms with Gasteiger partial charge in [-0.25, -0.2) is 0 Å². The highest BCUT2D eigenvalue weighted by molar-refractivity contribution is 6.29. The first-order valence-electron chi connectivity index (χ1n) is 8.12. The van der Waals surface area contributed by atoms with Crippen LogP contribution in [0, 0.1) is 12.3 Å². The van der Waals surface area contributed by atoms with E-state index in [0.717, 1.165) is 0 Å². The second-order valence-corrected chi connectivity index (χ2v) is 7.40. The number of rotatable bonds is 6. The number of amides is 2. The van der Waals surface area contributed by atoms with Crippen molar-refractivity contribution in [2.75, 3.05) is 20.1 Å². The third kappa shape index (κ3) is 4.78. The van der Waals surface area contributed by atoms with Gasteiger partial charge in [-0.3, -0.25) is 14.3 Å². The molecule has 0 aliphatic rings. The second-order valence-electron chi connectivity index (χ2n) is 7.01.